The summed E-state index contributed by atoms with van der Waals surface area (Å²) in [6.45, 7) is 4.23. The number of carbonyl (C=O) groups excluding carboxylic acids is 1. The molecule has 0 spiro atoms. The Kier molecular flexibility index (Phi) is 7.02. The van der Waals surface area contributed by atoms with Crippen LogP contribution in [0.15, 0.2) is 11.6 Å². The molecule has 1 aliphatic carbocycles. The van der Waals surface area contributed by atoms with E-state index in [0.717, 1.165) is 31.3 Å². The van der Waals surface area contributed by atoms with E-state index >= 15 is 0 Å². The third-order valence-electron chi connectivity index (χ3n) is 3.59. The SMILES string of the molecule is CCCC(O)C(=CC(=O)OCC)C1CCCCC1. The van der Waals surface area contributed by atoms with Crippen molar-refractivity contribution < 1.29 is 14.6 Å². The van der Waals surface area contributed by atoms with Crippen LogP contribution in [-0.2, 0) is 9.53 Å². The Hall–Kier alpha value is -0.830. The molecule has 104 valence electrons. The van der Waals surface area contributed by atoms with Gasteiger partial charge in [0.25, 0.3) is 0 Å². The quantitative estimate of drug-likeness (QED) is 0.585. The monoisotopic (exact) mass is 254 g/mol. The molecule has 18 heavy (non-hydrogen) atoms. The zero-order valence-corrected chi connectivity index (χ0v) is 11.7. The molecule has 3 heteroatoms. The van der Waals surface area contributed by atoms with E-state index in [9.17, 15) is 9.90 Å². The summed E-state index contributed by atoms with van der Waals surface area (Å²) < 4.78 is 4.97. The molecule has 1 fully saturated rings. The fourth-order valence-electron chi connectivity index (χ4n) is 2.68. The fourth-order valence-corrected chi connectivity index (χ4v) is 2.68. The molecular formula is C15H26O3. The van der Waals surface area contributed by atoms with E-state index in [1.54, 1.807) is 13.0 Å². The topological polar surface area (TPSA) is 46.5 Å². The molecule has 0 aromatic carbocycles. The Labute approximate surface area is 110 Å². The van der Waals surface area contributed by atoms with E-state index in [2.05, 4.69) is 0 Å². The molecule has 0 aliphatic heterocycles. The lowest BCUT2D eigenvalue weighted by atomic mass is 9.80. The molecule has 0 heterocycles. The summed E-state index contributed by atoms with van der Waals surface area (Å²) in [6, 6.07) is 0. The second-order valence-electron chi connectivity index (χ2n) is 5.04. The minimum Gasteiger partial charge on any atom is -0.463 e. The van der Waals surface area contributed by atoms with Gasteiger partial charge in [-0.15, -0.1) is 0 Å². The molecule has 1 atom stereocenters. The van der Waals surface area contributed by atoms with Crippen molar-refractivity contribution in [3.63, 3.8) is 0 Å². The third kappa shape index (κ3) is 4.81. The summed E-state index contributed by atoms with van der Waals surface area (Å²) in [5.74, 6) is 0.0536. The maximum atomic E-state index is 11.6. The summed E-state index contributed by atoms with van der Waals surface area (Å²) in [7, 11) is 0. The van der Waals surface area contributed by atoms with Crippen molar-refractivity contribution in [2.75, 3.05) is 6.61 Å². The minimum atomic E-state index is -0.484. The molecule has 3 nitrogen and oxygen atoms in total. The lowest BCUT2D eigenvalue weighted by Gasteiger charge is -2.27. The molecular weight excluding hydrogens is 228 g/mol. The van der Waals surface area contributed by atoms with E-state index in [0.29, 0.717) is 12.5 Å². The van der Waals surface area contributed by atoms with Gasteiger partial charge in [0.2, 0.25) is 0 Å². The Bertz CT molecular complexity index is 277. The molecule has 0 amide bonds. The second kappa shape index (κ2) is 8.30. The van der Waals surface area contributed by atoms with Crippen LogP contribution in [-0.4, -0.2) is 23.8 Å². The average Bonchev–Trinajstić information content (AvgIpc) is 2.37. The van der Waals surface area contributed by atoms with Crippen molar-refractivity contribution in [3.05, 3.63) is 11.6 Å². The molecule has 0 aromatic rings. The van der Waals surface area contributed by atoms with Gasteiger partial charge in [-0.1, -0.05) is 32.6 Å². The number of hydrogen-bond acceptors (Lipinski definition) is 3. The highest BCUT2D eigenvalue weighted by Gasteiger charge is 2.23. The highest BCUT2D eigenvalue weighted by atomic mass is 16.5. The van der Waals surface area contributed by atoms with Gasteiger partial charge in [-0.3, -0.25) is 0 Å². The molecule has 1 N–H and O–H groups in total. The van der Waals surface area contributed by atoms with Crippen LogP contribution in [0.1, 0.15) is 58.8 Å². The largest absolute Gasteiger partial charge is 0.463 e. The van der Waals surface area contributed by atoms with E-state index in [1.165, 1.54) is 19.3 Å². The molecule has 1 aliphatic rings. The van der Waals surface area contributed by atoms with Gasteiger partial charge in [0.05, 0.1) is 12.7 Å². The second-order valence-corrected chi connectivity index (χ2v) is 5.04. The summed E-state index contributed by atoms with van der Waals surface area (Å²) in [6.07, 6.45) is 8.55. The number of carbonyl (C=O) groups is 1. The Morgan fingerprint density at radius 1 is 1.33 bits per heavy atom. The van der Waals surface area contributed by atoms with Crippen LogP contribution in [0.5, 0.6) is 0 Å². The first-order valence-corrected chi connectivity index (χ1v) is 7.25. The number of ether oxygens (including phenoxy) is 1. The fraction of sp³-hybridized carbons (Fsp3) is 0.800. The van der Waals surface area contributed by atoms with Crippen molar-refractivity contribution in [3.8, 4) is 0 Å². The van der Waals surface area contributed by atoms with Gasteiger partial charge in [-0.2, -0.15) is 0 Å². The van der Waals surface area contributed by atoms with Gasteiger partial charge < -0.3 is 9.84 Å². The smallest absolute Gasteiger partial charge is 0.330 e. The first kappa shape index (κ1) is 15.2. The van der Waals surface area contributed by atoms with Gasteiger partial charge >= 0.3 is 5.97 Å². The van der Waals surface area contributed by atoms with Crippen LogP contribution >= 0.6 is 0 Å². The van der Waals surface area contributed by atoms with Crippen molar-refractivity contribution in [2.45, 2.75) is 64.9 Å². The summed E-state index contributed by atoms with van der Waals surface area (Å²) in [5.41, 5.74) is 0.898. The van der Waals surface area contributed by atoms with Crippen molar-refractivity contribution >= 4 is 5.97 Å². The third-order valence-corrected chi connectivity index (χ3v) is 3.59. The standard InChI is InChI=1S/C15H26O3/c1-3-8-14(16)13(11-15(17)18-4-2)12-9-6-5-7-10-12/h11-12,14,16H,3-10H2,1-2H3. The maximum absolute atomic E-state index is 11.6. The van der Waals surface area contributed by atoms with Crippen LogP contribution in [0.2, 0.25) is 0 Å². The summed E-state index contributed by atoms with van der Waals surface area (Å²) in [5, 5.41) is 10.2. The van der Waals surface area contributed by atoms with Crippen molar-refractivity contribution in [2.24, 2.45) is 5.92 Å². The zero-order valence-electron chi connectivity index (χ0n) is 11.7. The number of aliphatic hydroxyl groups excluding tert-OH is 1. The highest BCUT2D eigenvalue weighted by molar-refractivity contribution is 5.83. The first-order valence-electron chi connectivity index (χ1n) is 7.25. The minimum absolute atomic E-state index is 0.312. The van der Waals surface area contributed by atoms with Gasteiger partial charge in [-0.05, 0) is 37.7 Å². The molecule has 1 rings (SSSR count). The molecule has 0 aromatic heterocycles. The maximum Gasteiger partial charge on any atom is 0.330 e. The van der Waals surface area contributed by atoms with Crippen LogP contribution in [0.3, 0.4) is 0 Å². The Balaban J connectivity index is 2.75. The van der Waals surface area contributed by atoms with E-state index in [1.807, 2.05) is 6.92 Å². The van der Waals surface area contributed by atoms with E-state index < -0.39 is 6.10 Å². The van der Waals surface area contributed by atoms with E-state index in [4.69, 9.17) is 4.74 Å². The van der Waals surface area contributed by atoms with Gasteiger partial charge in [0.15, 0.2) is 0 Å². The van der Waals surface area contributed by atoms with Crippen LogP contribution < -0.4 is 0 Å². The molecule has 1 saturated carbocycles. The van der Waals surface area contributed by atoms with Crippen LogP contribution in [0.25, 0.3) is 0 Å². The summed E-state index contributed by atoms with van der Waals surface area (Å²) >= 11 is 0. The molecule has 1 unspecified atom stereocenters. The number of hydrogen-bond donors (Lipinski definition) is 1. The van der Waals surface area contributed by atoms with Crippen LogP contribution in [0, 0.1) is 5.92 Å². The molecule has 0 bridgehead atoms. The summed E-state index contributed by atoms with van der Waals surface area (Å²) in [4.78, 5) is 11.6. The number of aliphatic hydroxyl groups is 1. The van der Waals surface area contributed by atoms with Crippen LogP contribution in [0.4, 0.5) is 0 Å². The van der Waals surface area contributed by atoms with Gasteiger partial charge in [0, 0.05) is 6.08 Å². The number of esters is 1. The average molecular weight is 254 g/mol. The lowest BCUT2D eigenvalue weighted by molar-refractivity contribution is -0.137. The van der Waals surface area contributed by atoms with Gasteiger partial charge in [0.1, 0.15) is 0 Å². The van der Waals surface area contributed by atoms with E-state index in [-0.39, 0.29) is 5.97 Å². The predicted molar refractivity (Wildman–Crippen MR) is 72.2 cm³/mol. The zero-order chi connectivity index (χ0) is 13.4. The van der Waals surface area contributed by atoms with Crippen molar-refractivity contribution in [1.29, 1.82) is 0 Å². The Morgan fingerprint density at radius 2 is 2.00 bits per heavy atom. The molecule has 0 saturated heterocycles. The predicted octanol–water partition coefficient (Wildman–Crippen LogP) is 3.22. The molecule has 0 radical (unpaired) electrons. The van der Waals surface area contributed by atoms with Crippen molar-refractivity contribution in [1.82, 2.24) is 0 Å². The normalized spacial score (nSPS) is 19.6. The van der Waals surface area contributed by atoms with Gasteiger partial charge in [-0.25, -0.2) is 4.79 Å². The highest BCUT2D eigenvalue weighted by Crippen LogP contribution is 2.32. The lowest BCUT2D eigenvalue weighted by Crippen LogP contribution is -2.21. The first-order chi connectivity index (χ1) is 8.69. The Morgan fingerprint density at radius 3 is 2.56 bits per heavy atom. The number of rotatable bonds is 6.